The summed E-state index contributed by atoms with van der Waals surface area (Å²) in [4.78, 5) is 0. The van der Waals surface area contributed by atoms with E-state index in [-0.39, 0.29) is 0 Å². The van der Waals surface area contributed by atoms with Gasteiger partial charge >= 0.3 is 0 Å². The van der Waals surface area contributed by atoms with Crippen LogP contribution in [0.1, 0.15) is 12.8 Å². The zero-order chi connectivity index (χ0) is 9.31. The van der Waals surface area contributed by atoms with Gasteiger partial charge in [-0.1, -0.05) is 0 Å². The van der Waals surface area contributed by atoms with Crippen molar-refractivity contribution in [3.8, 4) is 0 Å². The Kier molecular flexibility index (Phi) is 2.58. The molecule has 0 bridgehead atoms. The highest BCUT2D eigenvalue weighted by atomic mass is 32.2. The van der Waals surface area contributed by atoms with Gasteiger partial charge in [0, 0.05) is 33.2 Å². The van der Waals surface area contributed by atoms with Crippen molar-refractivity contribution < 1.29 is 4.21 Å². The van der Waals surface area contributed by atoms with Gasteiger partial charge in [-0.15, -0.1) is 0 Å². The molecular formula is C8H17N3OS. The van der Waals surface area contributed by atoms with Gasteiger partial charge in [-0.3, -0.25) is 0 Å². The molecule has 2 fully saturated rings. The van der Waals surface area contributed by atoms with E-state index in [0.717, 1.165) is 39.0 Å². The summed E-state index contributed by atoms with van der Waals surface area (Å²) in [5.41, 5.74) is 0. The van der Waals surface area contributed by atoms with Crippen LogP contribution < -0.4 is 5.32 Å². The SMILES string of the molecule is CN=S(=O)(C1CC1)N1CCNCC1. The lowest BCUT2D eigenvalue weighted by Gasteiger charge is -2.29. The van der Waals surface area contributed by atoms with Crippen molar-refractivity contribution in [3.05, 3.63) is 0 Å². The van der Waals surface area contributed by atoms with Gasteiger partial charge in [0.1, 0.15) is 9.92 Å². The first-order chi connectivity index (χ1) is 6.27. The highest BCUT2D eigenvalue weighted by Gasteiger charge is 2.37. The van der Waals surface area contributed by atoms with Crippen LogP contribution in [0.4, 0.5) is 0 Å². The summed E-state index contributed by atoms with van der Waals surface area (Å²) in [7, 11) is -0.319. The fraction of sp³-hybridized carbons (Fsp3) is 1.00. The molecule has 1 saturated carbocycles. The van der Waals surface area contributed by atoms with Crippen molar-refractivity contribution in [1.82, 2.24) is 9.62 Å². The lowest BCUT2D eigenvalue weighted by atomic mass is 10.4. The molecule has 1 heterocycles. The zero-order valence-corrected chi connectivity index (χ0v) is 8.85. The van der Waals surface area contributed by atoms with Gasteiger partial charge in [0.05, 0.1) is 5.25 Å². The van der Waals surface area contributed by atoms with Crippen LogP contribution in [0, 0.1) is 0 Å². The van der Waals surface area contributed by atoms with Crippen molar-refractivity contribution in [2.75, 3.05) is 33.2 Å². The molecule has 0 aromatic carbocycles. The van der Waals surface area contributed by atoms with Gasteiger partial charge in [0.2, 0.25) is 0 Å². The molecule has 4 nitrogen and oxygen atoms in total. The van der Waals surface area contributed by atoms with Crippen LogP contribution in [0.5, 0.6) is 0 Å². The smallest absolute Gasteiger partial charge is 0.113 e. The molecule has 1 saturated heterocycles. The van der Waals surface area contributed by atoms with E-state index >= 15 is 0 Å². The van der Waals surface area contributed by atoms with Crippen molar-refractivity contribution in [2.45, 2.75) is 18.1 Å². The Labute approximate surface area is 80.0 Å². The molecule has 1 aliphatic heterocycles. The molecule has 0 aromatic rings. The summed E-state index contributed by atoms with van der Waals surface area (Å²) < 4.78 is 18.6. The van der Waals surface area contributed by atoms with Crippen LogP contribution in [-0.4, -0.2) is 47.0 Å². The van der Waals surface area contributed by atoms with Crippen LogP contribution in [0.2, 0.25) is 0 Å². The Bertz CT molecular complexity index is 286. The first-order valence-corrected chi connectivity index (χ1v) is 6.41. The molecule has 1 atom stereocenters. The van der Waals surface area contributed by atoms with Gasteiger partial charge < -0.3 is 5.32 Å². The largest absolute Gasteiger partial charge is 0.314 e. The van der Waals surface area contributed by atoms with E-state index in [1.165, 1.54) is 0 Å². The van der Waals surface area contributed by atoms with E-state index in [0.29, 0.717) is 5.25 Å². The maximum absolute atomic E-state index is 12.4. The Morgan fingerprint density at radius 1 is 1.38 bits per heavy atom. The van der Waals surface area contributed by atoms with Gasteiger partial charge in [-0.25, -0.2) is 12.9 Å². The van der Waals surface area contributed by atoms with E-state index in [9.17, 15) is 4.21 Å². The van der Waals surface area contributed by atoms with Crippen molar-refractivity contribution in [2.24, 2.45) is 4.36 Å². The van der Waals surface area contributed by atoms with E-state index in [1.807, 2.05) is 0 Å². The Morgan fingerprint density at radius 2 is 2.00 bits per heavy atom. The van der Waals surface area contributed by atoms with E-state index < -0.39 is 9.92 Å². The number of nitrogens with zero attached hydrogens (tertiary/aromatic N) is 2. The highest BCUT2D eigenvalue weighted by molar-refractivity contribution is 7.92. The van der Waals surface area contributed by atoms with Crippen LogP contribution in [-0.2, 0) is 9.92 Å². The number of piperazine rings is 1. The Hall–Kier alpha value is -0.130. The van der Waals surface area contributed by atoms with Crippen LogP contribution in [0.25, 0.3) is 0 Å². The maximum atomic E-state index is 12.4. The molecule has 0 radical (unpaired) electrons. The first kappa shape index (κ1) is 9.43. The van der Waals surface area contributed by atoms with Crippen LogP contribution in [0.15, 0.2) is 4.36 Å². The molecule has 76 valence electrons. The molecule has 1 N–H and O–H groups in total. The highest BCUT2D eigenvalue weighted by Crippen LogP contribution is 2.32. The summed E-state index contributed by atoms with van der Waals surface area (Å²) in [6.45, 7) is 3.65. The lowest BCUT2D eigenvalue weighted by Crippen LogP contribution is -2.47. The molecule has 13 heavy (non-hydrogen) atoms. The molecule has 5 heteroatoms. The summed E-state index contributed by atoms with van der Waals surface area (Å²) in [6.07, 6.45) is 2.19. The number of nitrogens with one attached hydrogen (secondary N) is 1. The third-order valence-corrected chi connectivity index (χ3v) is 5.63. The van der Waals surface area contributed by atoms with Crippen molar-refractivity contribution in [1.29, 1.82) is 0 Å². The second-order valence-electron chi connectivity index (χ2n) is 3.60. The third kappa shape index (κ3) is 1.73. The minimum atomic E-state index is -2.02. The minimum Gasteiger partial charge on any atom is -0.314 e. The van der Waals surface area contributed by atoms with Gasteiger partial charge in [0.25, 0.3) is 0 Å². The van der Waals surface area contributed by atoms with Crippen LogP contribution >= 0.6 is 0 Å². The predicted octanol–water partition coefficient (Wildman–Crippen LogP) is 0.0668. The van der Waals surface area contributed by atoms with Crippen molar-refractivity contribution >= 4 is 9.92 Å². The second kappa shape index (κ2) is 3.55. The minimum absolute atomic E-state index is 0.357. The molecule has 2 aliphatic rings. The second-order valence-corrected chi connectivity index (χ2v) is 6.22. The first-order valence-electron chi connectivity index (χ1n) is 4.87. The zero-order valence-electron chi connectivity index (χ0n) is 8.03. The molecular weight excluding hydrogens is 186 g/mol. The lowest BCUT2D eigenvalue weighted by molar-refractivity contribution is 0.376. The Balaban J connectivity index is 2.15. The number of rotatable bonds is 2. The quantitative estimate of drug-likeness (QED) is 0.690. The topological polar surface area (TPSA) is 44.7 Å². The standard InChI is InChI=1S/C8H17N3OS/c1-9-13(12,8-2-3-8)11-6-4-10-5-7-11/h8,10H,2-7H2,1H3. The van der Waals surface area contributed by atoms with E-state index in [2.05, 4.69) is 14.0 Å². The van der Waals surface area contributed by atoms with E-state index in [1.54, 1.807) is 7.05 Å². The monoisotopic (exact) mass is 203 g/mol. The third-order valence-electron chi connectivity index (χ3n) is 2.67. The fourth-order valence-corrected chi connectivity index (χ4v) is 4.16. The van der Waals surface area contributed by atoms with Gasteiger partial charge in [0.15, 0.2) is 0 Å². The molecule has 1 aliphatic carbocycles. The van der Waals surface area contributed by atoms with E-state index in [4.69, 9.17) is 0 Å². The fourth-order valence-electron chi connectivity index (χ4n) is 1.76. The van der Waals surface area contributed by atoms with Crippen LogP contribution in [0.3, 0.4) is 0 Å². The summed E-state index contributed by atoms with van der Waals surface area (Å²) in [5.74, 6) is 0. The number of hydrogen-bond donors (Lipinski definition) is 1. The molecule has 0 spiro atoms. The Morgan fingerprint density at radius 3 is 2.46 bits per heavy atom. The predicted molar refractivity (Wildman–Crippen MR) is 54.0 cm³/mol. The van der Waals surface area contributed by atoms with Gasteiger partial charge in [-0.2, -0.15) is 0 Å². The average Bonchev–Trinajstić information content (AvgIpc) is 3.02. The summed E-state index contributed by atoms with van der Waals surface area (Å²) >= 11 is 0. The normalized spacial score (nSPS) is 29.6. The summed E-state index contributed by atoms with van der Waals surface area (Å²) in [5, 5.41) is 3.62. The molecule has 2 rings (SSSR count). The molecule has 0 aromatic heterocycles. The van der Waals surface area contributed by atoms with Gasteiger partial charge in [-0.05, 0) is 12.8 Å². The number of hydrogen-bond acceptors (Lipinski definition) is 3. The molecule has 1 unspecified atom stereocenters. The molecule has 0 amide bonds. The van der Waals surface area contributed by atoms with Crippen molar-refractivity contribution in [3.63, 3.8) is 0 Å². The average molecular weight is 203 g/mol. The maximum Gasteiger partial charge on any atom is 0.113 e. The summed E-state index contributed by atoms with van der Waals surface area (Å²) in [6, 6.07) is 0.